The number of rotatable bonds is 2. The lowest BCUT2D eigenvalue weighted by Crippen LogP contribution is -1.87. The van der Waals surface area contributed by atoms with Gasteiger partial charge in [0.05, 0.1) is 0 Å². The van der Waals surface area contributed by atoms with Gasteiger partial charge in [0.1, 0.15) is 5.82 Å². The smallest absolute Gasteiger partial charge is 0.123 e. The van der Waals surface area contributed by atoms with E-state index in [-0.39, 0.29) is 5.82 Å². The maximum absolute atomic E-state index is 13.1. The van der Waals surface area contributed by atoms with Crippen molar-refractivity contribution >= 4 is 23.2 Å². The molecular weight excluding hydrogens is 306 g/mol. The van der Waals surface area contributed by atoms with Gasteiger partial charge in [0.2, 0.25) is 0 Å². The molecule has 0 nitrogen and oxygen atoms in total. The standard InChI is InChI=1S/C18H11Cl2F/c19-14-8-4-12(5-9-14)16-2-1-3-17(20)18(16)13-6-10-15(21)11-7-13/h1-11H. The summed E-state index contributed by atoms with van der Waals surface area (Å²) in [7, 11) is 0. The third-order valence-electron chi connectivity index (χ3n) is 3.30. The lowest BCUT2D eigenvalue weighted by atomic mass is 9.94. The molecule has 0 fully saturated rings. The van der Waals surface area contributed by atoms with Crippen LogP contribution in [0, 0.1) is 5.82 Å². The van der Waals surface area contributed by atoms with E-state index in [1.165, 1.54) is 12.1 Å². The van der Waals surface area contributed by atoms with Crippen LogP contribution in [0.5, 0.6) is 0 Å². The second kappa shape index (κ2) is 5.88. The highest BCUT2D eigenvalue weighted by Crippen LogP contribution is 2.37. The van der Waals surface area contributed by atoms with E-state index in [0.717, 1.165) is 22.3 Å². The molecule has 21 heavy (non-hydrogen) atoms. The van der Waals surface area contributed by atoms with E-state index < -0.39 is 0 Å². The maximum atomic E-state index is 13.1. The zero-order chi connectivity index (χ0) is 14.8. The van der Waals surface area contributed by atoms with Gasteiger partial charge in [-0.1, -0.05) is 59.6 Å². The molecule has 0 spiro atoms. The van der Waals surface area contributed by atoms with Crippen molar-refractivity contribution < 1.29 is 4.39 Å². The summed E-state index contributed by atoms with van der Waals surface area (Å²) in [5.41, 5.74) is 3.78. The van der Waals surface area contributed by atoms with Gasteiger partial charge < -0.3 is 0 Å². The Kier molecular flexibility index (Phi) is 3.96. The fourth-order valence-electron chi connectivity index (χ4n) is 2.30. The van der Waals surface area contributed by atoms with Gasteiger partial charge in [-0.2, -0.15) is 0 Å². The summed E-state index contributed by atoms with van der Waals surface area (Å²) >= 11 is 12.3. The highest BCUT2D eigenvalue weighted by molar-refractivity contribution is 6.34. The molecule has 0 aliphatic rings. The maximum Gasteiger partial charge on any atom is 0.123 e. The first kappa shape index (κ1) is 14.1. The van der Waals surface area contributed by atoms with E-state index in [1.54, 1.807) is 12.1 Å². The zero-order valence-electron chi connectivity index (χ0n) is 11.0. The number of benzene rings is 3. The molecule has 0 saturated heterocycles. The molecule has 0 aromatic heterocycles. The molecule has 0 amide bonds. The van der Waals surface area contributed by atoms with Gasteiger partial charge >= 0.3 is 0 Å². The van der Waals surface area contributed by atoms with Crippen LogP contribution in [-0.4, -0.2) is 0 Å². The lowest BCUT2D eigenvalue weighted by molar-refractivity contribution is 0.628. The third kappa shape index (κ3) is 2.94. The highest BCUT2D eigenvalue weighted by Gasteiger charge is 2.11. The monoisotopic (exact) mass is 316 g/mol. The second-order valence-corrected chi connectivity index (χ2v) is 5.52. The number of hydrogen-bond acceptors (Lipinski definition) is 0. The van der Waals surface area contributed by atoms with E-state index in [4.69, 9.17) is 23.2 Å². The van der Waals surface area contributed by atoms with Crippen LogP contribution in [0.1, 0.15) is 0 Å². The summed E-state index contributed by atoms with van der Waals surface area (Å²) in [6, 6.07) is 19.6. The topological polar surface area (TPSA) is 0 Å². The first-order valence-electron chi connectivity index (χ1n) is 6.45. The van der Waals surface area contributed by atoms with Gasteiger partial charge in [-0.05, 0) is 47.0 Å². The minimum absolute atomic E-state index is 0.265. The van der Waals surface area contributed by atoms with E-state index in [0.29, 0.717) is 10.0 Å². The summed E-state index contributed by atoms with van der Waals surface area (Å²) < 4.78 is 13.1. The Morgan fingerprint density at radius 2 is 1.29 bits per heavy atom. The lowest BCUT2D eigenvalue weighted by Gasteiger charge is -2.12. The van der Waals surface area contributed by atoms with Crippen molar-refractivity contribution in [2.75, 3.05) is 0 Å². The van der Waals surface area contributed by atoms with Gasteiger partial charge in [0, 0.05) is 15.6 Å². The Balaban J connectivity index is 2.20. The Morgan fingerprint density at radius 1 is 0.667 bits per heavy atom. The molecule has 0 aliphatic heterocycles. The van der Waals surface area contributed by atoms with Crippen molar-refractivity contribution in [3.05, 3.63) is 82.6 Å². The first-order chi connectivity index (χ1) is 10.1. The Morgan fingerprint density at radius 3 is 1.95 bits per heavy atom. The van der Waals surface area contributed by atoms with Crippen LogP contribution >= 0.6 is 23.2 Å². The summed E-state index contributed by atoms with van der Waals surface area (Å²) in [6.07, 6.45) is 0. The van der Waals surface area contributed by atoms with Gasteiger partial charge in [-0.3, -0.25) is 0 Å². The normalized spacial score (nSPS) is 10.6. The molecule has 0 atom stereocenters. The predicted octanol–water partition coefficient (Wildman–Crippen LogP) is 6.47. The fraction of sp³-hybridized carbons (Fsp3) is 0. The van der Waals surface area contributed by atoms with Gasteiger partial charge in [0.15, 0.2) is 0 Å². The van der Waals surface area contributed by atoms with Crippen LogP contribution < -0.4 is 0 Å². The average Bonchev–Trinajstić information content (AvgIpc) is 2.49. The van der Waals surface area contributed by atoms with Crippen molar-refractivity contribution in [3.63, 3.8) is 0 Å². The quantitative estimate of drug-likeness (QED) is 0.508. The molecule has 0 aliphatic carbocycles. The van der Waals surface area contributed by atoms with E-state index in [2.05, 4.69) is 0 Å². The van der Waals surface area contributed by atoms with Gasteiger partial charge in [0.25, 0.3) is 0 Å². The van der Waals surface area contributed by atoms with Crippen LogP contribution in [0.2, 0.25) is 10.0 Å². The summed E-state index contributed by atoms with van der Waals surface area (Å²) in [4.78, 5) is 0. The predicted molar refractivity (Wildman–Crippen MR) is 87.3 cm³/mol. The molecule has 0 unspecified atom stereocenters. The Bertz CT molecular complexity index is 762. The van der Waals surface area contributed by atoms with Crippen LogP contribution in [0.25, 0.3) is 22.3 Å². The van der Waals surface area contributed by atoms with E-state index in [1.807, 2.05) is 42.5 Å². The molecular formula is C18H11Cl2F. The first-order valence-corrected chi connectivity index (χ1v) is 7.21. The second-order valence-electron chi connectivity index (χ2n) is 4.68. The summed E-state index contributed by atoms with van der Waals surface area (Å²) in [5.74, 6) is -0.265. The zero-order valence-corrected chi connectivity index (χ0v) is 12.5. The van der Waals surface area contributed by atoms with E-state index >= 15 is 0 Å². The van der Waals surface area contributed by atoms with Gasteiger partial charge in [-0.15, -0.1) is 0 Å². The molecule has 0 heterocycles. The van der Waals surface area contributed by atoms with Crippen molar-refractivity contribution in [3.8, 4) is 22.3 Å². The van der Waals surface area contributed by atoms with Crippen molar-refractivity contribution in [2.45, 2.75) is 0 Å². The SMILES string of the molecule is Fc1ccc(-c2c(Cl)cccc2-c2ccc(Cl)cc2)cc1. The largest absolute Gasteiger partial charge is 0.207 e. The molecule has 104 valence electrons. The molecule has 3 aromatic rings. The molecule has 0 bridgehead atoms. The molecule has 0 radical (unpaired) electrons. The summed E-state index contributed by atoms with van der Waals surface area (Å²) in [6.45, 7) is 0. The molecule has 3 heteroatoms. The number of hydrogen-bond donors (Lipinski definition) is 0. The van der Waals surface area contributed by atoms with Gasteiger partial charge in [-0.25, -0.2) is 4.39 Å². The van der Waals surface area contributed by atoms with Crippen molar-refractivity contribution in [2.24, 2.45) is 0 Å². The Hall–Kier alpha value is -1.83. The third-order valence-corrected chi connectivity index (χ3v) is 3.87. The minimum Gasteiger partial charge on any atom is -0.207 e. The minimum atomic E-state index is -0.265. The number of halogens is 3. The highest BCUT2D eigenvalue weighted by atomic mass is 35.5. The molecule has 3 aromatic carbocycles. The Labute approximate surface area is 132 Å². The van der Waals surface area contributed by atoms with Crippen molar-refractivity contribution in [1.29, 1.82) is 0 Å². The fourth-order valence-corrected chi connectivity index (χ4v) is 2.71. The molecule has 3 rings (SSSR count). The molecule has 0 N–H and O–H groups in total. The van der Waals surface area contributed by atoms with Crippen LogP contribution in [0.15, 0.2) is 66.7 Å². The van der Waals surface area contributed by atoms with E-state index in [9.17, 15) is 4.39 Å². The van der Waals surface area contributed by atoms with Crippen LogP contribution in [-0.2, 0) is 0 Å². The average molecular weight is 317 g/mol. The van der Waals surface area contributed by atoms with Crippen LogP contribution in [0.3, 0.4) is 0 Å². The van der Waals surface area contributed by atoms with Crippen molar-refractivity contribution in [1.82, 2.24) is 0 Å². The molecule has 0 saturated carbocycles. The summed E-state index contributed by atoms with van der Waals surface area (Å²) in [5, 5.41) is 1.32. The van der Waals surface area contributed by atoms with Crippen LogP contribution in [0.4, 0.5) is 4.39 Å².